The number of thiocarbonyl (C=S) groups is 1. The predicted molar refractivity (Wildman–Crippen MR) is 123 cm³/mol. The van der Waals surface area contributed by atoms with Gasteiger partial charge in [-0.2, -0.15) is 0 Å². The number of anilines is 1. The van der Waals surface area contributed by atoms with Gasteiger partial charge in [0.2, 0.25) is 5.91 Å². The van der Waals surface area contributed by atoms with Crippen molar-refractivity contribution >= 4 is 40.5 Å². The molecule has 0 bridgehead atoms. The highest BCUT2D eigenvalue weighted by atomic mass is 35.5. The van der Waals surface area contributed by atoms with E-state index in [0.717, 1.165) is 11.3 Å². The molecule has 3 rings (SSSR count). The summed E-state index contributed by atoms with van der Waals surface area (Å²) in [6, 6.07) is 24.0. The summed E-state index contributed by atoms with van der Waals surface area (Å²) in [5.74, 6) is 1.27. The van der Waals surface area contributed by atoms with Crippen molar-refractivity contribution in [2.45, 2.75) is 6.42 Å². The Bertz CT molecular complexity index is 981. The molecule has 0 unspecified atom stereocenters. The minimum absolute atomic E-state index is 0.208. The molecule has 0 atom stereocenters. The zero-order valence-electron chi connectivity index (χ0n) is 16.1. The van der Waals surface area contributed by atoms with Crippen molar-refractivity contribution in [3.63, 3.8) is 0 Å². The SMILES string of the molecule is O=C(Cc1ccc(Cl)cc1)NC(=S)Nc1cccc(OCCOc2ccccc2)c1. The first kappa shape index (κ1) is 21.6. The van der Waals surface area contributed by atoms with Crippen LogP contribution in [0.4, 0.5) is 5.69 Å². The minimum Gasteiger partial charge on any atom is -0.490 e. The highest BCUT2D eigenvalue weighted by molar-refractivity contribution is 7.80. The largest absolute Gasteiger partial charge is 0.490 e. The molecule has 0 saturated carbocycles. The molecule has 3 aromatic rings. The number of carbonyl (C=O) groups is 1. The number of para-hydroxylation sites is 1. The summed E-state index contributed by atoms with van der Waals surface area (Å²) in [6.45, 7) is 0.835. The first-order valence-electron chi connectivity index (χ1n) is 9.34. The zero-order valence-corrected chi connectivity index (χ0v) is 17.7. The summed E-state index contributed by atoms with van der Waals surface area (Å²) in [5.41, 5.74) is 1.57. The lowest BCUT2D eigenvalue weighted by Crippen LogP contribution is -2.35. The van der Waals surface area contributed by atoms with Crippen molar-refractivity contribution in [3.05, 3.63) is 89.4 Å². The number of rotatable bonds is 8. The molecule has 0 spiro atoms. The molecule has 30 heavy (non-hydrogen) atoms. The molecule has 154 valence electrons. The van der Waals surface area contributed by atoms with Crippen LogP contribution in [0.2, 0.25) is 5.02 Å². The molecule has 0 aliphatic heterocycles. The number of hydrogen-bond donors (Lipinski definition) is 2. The van der Waals surface area contributed by atoms with Crippen molar-refractivity contribution in [1.82, 2.24) is 5.32 Å². The van der Waals surface area contributed by atoms with Gasteiger partial charge in [-0.25, -0.2) is 0 Å². The van der Waals surface area contributed by atoms with Crippen molar-refractivity contribution in [1.29, 1.82) is 0 Å². The number of hydrogen-bond acceptors (Lipinski definition) is 4. The van der Waals surface area contributed by atoms with Crippen LogP contribution in [0, 0.1) is 0 Å². The van der Waals surface area contributed by atoms with E-state index in [1.807, 2.05) is 48.5 Å². The van der Waals surface area contributed by atoms with Gasteiger partial charge in [0.05, 0.1) is 6.42 Å². The molecule has 2 N–H and O–H groups in total. The lowest BCUT2D eigenvalue weighted by Gasteiger charge is -2.12. The van der Waals surface area contributed by atoms with E-state index in [9.17, 15) is 4.79 Å². The van der Waals surface area contributed by atoms with Crippen LogP contribution in [0.15, 0.2) is 78.9 Å². The van der Waals surface area contributed by atoms with Crippen molar-refractivity contribution in [2.24, 2.45) is 0 Å². The van der Waals surface area contributed by atoms with Gasteiger partial charge >= 0.3 is 0 Å². The Morgan fingerprint density at radius 2 is 1.53 bits per heavy atom. The molecule has 7 heteroatoms. The van der Waals surface area contributed by atoms with Crippen LogP contribution in [-0.2, 0) is 11.2 Å². The van der Waals surface area contributed by atoms with E-state index in [-0.39, 0.29) is 17.4 Å². The summed E-state index contributed by atoms with van der Waals surface area (Å²) in [6.07, 6.45) is 0.212. The zero-order chi connectivity index (χ0) is 21.2. The lowest BCUT2D eigenvalue weighted by molar-refractivity contribution is -0.119. The fourth-order valence-corrected chi connectivity index (χ4v) is 2.98. The first-order valence-corrected chi connectivity index (χ1v) is 10.1. The van der Waals surface area contributed by atoms with Gasteiger partial charge in [0.1, 0.15) is 24.7 Å². The third-order valence-electron chi connectivity index (χ3n) is 3.99. The highest BCUT2D eigenvalue weighted by Crippen LogP contribution is 2.17. The summed E-state index contributed by atoms with van der Waals surface area (Å²) in [4.78, 5) is 12.1. The van der Waals surface area contributed by atoms with Crippen LogP contribution in [0.5, 0.6) is 11.5 Å². The van der Waals surface area contributed by atoms with E-state index in [2.05, 4.69) is 10.6 Å². The topological polar surface area (TPSA) is 59.6 Å². The average Bonchev–Trinajstić information content (AvgIpc) is 2.74. The predicted octanol–water partition coefficient (Wildman–Crippen LogP) is 4.85. The van der Waals surface area contributed by atoms with E-state index in [1.165, 1.54) is 0 Å². The average molecular weight is 441 g/mol. The van der Waals surface area contributed by atoms with E-state index in [1.54, 1.807) is 30.3 Å². The molecule has 0 heterocycles. The highest BCUT2D eigenvalue weighted by Gasteiger charge is 2.07. The Labute approximate surface area is 186 Å². The lowest BCUT2D eigenvalue weighted by atomic mass is 10.1. The summed E-state index contributed by atoms with van der Waals surface area (Å²) >= 11 is 11.1. The van der Waals surface area contributed by atoms with Crippen LogP contribution >= 0.6 is 23.8 Å². The number of carbonyl (C=O) groups excluding carboxylic acids is 1. The van der Waals surface area contributed by atoms with Gasteiger partial charge in [0, 0.05) is 16.8 Å². The summed E-state index contributed by atoms with van der Waals surface area (Å²) in [5, 5.41) is 6.51. The molecule has 0 aliphatic rings. The van der Waals surface area contributed by atoms with Gasteiger partial charge in [0.15, 0.2) is 5.11 Å². The Morgan fingerprint density at radius 1 is 0.867 bits per heavy atom. The van der Waals surface area contributed by atoms with Gasteiger partial charge in [-0.1, -0.05) is 48.0 Å². The smallest absolute Gasteiger partial charge is 0.230 e. The maximum Gasteiger partial charge on any atom is 0.230 e. The number of benzene rings is 3. The van der Waals surface area contributed by atoms with Gasteiger partial charge in [-0.3, -0.25) is 4.79 Å². The molecule has 0 radical (unpaired) electrons. The second-order valence-corrected chi connectivity index (χ2v) is 7.19. The maximum atomic E-state index is 12.1. The van der Waals surface area contributed by atoms with Crippen LogP contribution in [0.25, 0.3) is 0 Å². The van der Waals surface area contributed by atoms with Crippen molar-refractivity contribution < 1.29 is 14.3 Å². The van der Waals surface area contributed by atoms with Gasteiger partial charge in [-0.15, -0.1) is 0 Å². The monoisotopic (exact) mass is 440 g/mol. The number of ether oxygens (including phenoxy) is 2. The van der Waals surface area contributed by atoms with E-state index in [0.29, 0.717) is 29.7 Å². The summed E-state index contributed by atoms with van der Waals surface area (Å²) < 4.78 is 11.3. The molecule has 0 saturated heterocycles. The normalized spacial score (nSPS) is 10.2. The fourth-order valence-electron chi connectivity index (χ4n) is 2.62. The van der Waals surface area contributed by atoms with E-state index < -0.39 is 0 Å². The molecule has 0 aliphatic carbocycles. The Hall–Kier alpha value is -3.09. The molecule has 1 amide bonds. The van der Waals surface area contributed by atoms with Crippen LogP contribution in [0.3, 0.4) is 0 Å². The molecule has 5 nitrogen and oxygen atoms in total. The van der Waals surface area contributed by atoms with Crippen LogP contribution < -0.4 is 20.1 Å². The Kier molecular flexibility index (Phi) is 8.06. The second-order valence-electron chi connectivity index (χ2n) is 6.34. The minimum atomic E-state index is -0.208. The van der Waals surface area contributed by atoms with E-state index >= 15 is 0 Å². The second kappa shape index (κ2) is 11.2. The Balaban J connectivity index is 1.42. The van der Waals surface area contributed by atoms with Gasteiger partial charge in [-0.05, 0) is 54.2 Å². The number of nitrogens with one attached hydrogen (secondary N) is 2. The fraction of sp³-hybridized carbons (Fsp3) is 0.130. The molecular formula is C23H21ClN2O3S. The van der Waals surface area contributed by atoms with Crippen LogP contribution in [0.1, 0.15) is 5.56 Å². The van der Waals surface area contributed by atoms with Crippen molar-refractivity contribution in [2.75, 3.05) is 18.5 Å². The van der Waals surface area contributed by atoms with Crippen molar-refractivity contribution in [3.8, 4) is 11.5 Å². The van der Waals surface area contributed by atoms with E-state index in [4.69, 9.17) is 33.3 Å². The molecule has 0 aromatic heterocycles. The van der Waals surface area contributed by atoms with Crippen LogP contribution in [-0.4, -0.2) is 24.2 Å². The quantitative estimate of drug-likeness (QED) is 0.387. The van der Waals surface area contributed by atoms with Gasteiger partial charge < -0.3 is 20.1 Å². The number of halogens is 1. The number of amides is 1. The standard InChI is InChI=1S/C23H21ClN2O3S/c24-18-11-9-17(10-12-18)15-22(27)26-23(30)25-19-5-4-8-21(16-19)29-14-13-28-20-6-2-1-3-7-20/h1-12,16H,13-15H2,(H2,25,26,27,30). The molecular weight excluding hydrogens is 420 g/mol. The molecule has 0 fully saturated rings. The third-order valence-corrected chi connectivity index (χ3v) is 4.44. The third kappa shape index (κ3) is 7.39. The summed E-state index contributed by atoms with van der Waals surface area (Å²) in [7, 11) is 0. The van der Waals surface area contributed by atoms with Gasteiger partial charge in [0.25, 0.3) is 0 Å². The molecule has 3 aromatic carbocycles. The first-order chi connectivity index (χ1) is 14.6. The maximum absolute atomic E-state index is 12.1. The Morgan fingerprint density at radius 3 is 2.27 bits per heavy atom.